The van der Waals surface area contributed by atoms with Crippen LogP contribution in [0.3, 0.4) is 0 Å². The Hall–Kier alpha value is -1.65. The molecule has 11 heteroatoms. The fraction of sp³-hybridized carbons (Fsp3) is 0.545. The third kappa shape index (κ3) is 6.87. The highest BCUT2D eigenvalue weighted by Gasteiger charge is 2.32. The van der Waals surface area contributed by atoms with E-state index < -0.39 is 23.8 Å². The summed E-state index contributed by atoms with van der Waals surface area (Å²) in [5, 5.41) is 5.07. The summed E-state index contributed by atoms with van der Waals surface area (Å²) in [6.07, 6.45) is -3.52. The van der Waals surface area contributed by atoms with Gasteiger partial charge in [-0.05, 0) is 6.07 Å². The van der Waals surface area contributed by atoms with E-state index in [4.69, 9.17) is 10.5 Å². The first-order chi connectivity index (χ1) is 9.84. The Morgan fingerprint density at radius 3 is 2.73 bits per heavy atom. The van der Waals surface area contributed by atoms with Gasteiger partial charge in [0.05, 0.1) is 6.61 Å². The molecule has 0 saturated heterocycles. The minimum atomic E-state index is -4.53. The summed E-state index contributed by atoms with van der Waals surface area (Å²) in [7, 11) is 1.42. The number of anilines is 1. The van der Waals surface area contributed by atoms with Gasteiger partial charge in [-0.25, -0.2) is 9.97 Å². The maximum absolute atomic E-state index is 12.4. The monoisotopic (exact) mass is 343 g/mol. The van der Waals surface area contributed by atoms with Gasteiger partial charge in [0.1, 0.15) is 11.7 Å². The van der Waals surface area contributed by atoms with Gasteiger partial charge in [-0.3, -0.25) is 4.79 Å². The molecule has 0 spiro atoms. The summed E-state index contributed by atoms with van der Waals surface area (Å²) in [4.78, 5) is 18.4. The van der Waals surface area contributed by atoms with Crippen molar-refractivity contribution in [1.29, 1.82) is 0 Å². The van der Waals surface area contributed by atoms with Gasteiger partial charge in [-0.1, -0.05) is 0 Å². The van der Waals surface area contributed by atoms with Crippen molar-refractivity contribution in [2.24, 2.45) is 5.73 Å². The molecule has 0 saturated carbocycles. The van der Waals surface area contributed by atoms with E-state index in [1.807, 2.05) is 0 Å². The highest BCUT2D eigenvalue weighted by molar-refractivity contribution is 5.85. The lowest BCUT2D eigenvalue weighted by Gasteiger charge is -2.12. The van der Waals surface area contributed by atoms with Gasteiger partial charge in [0.2, 0.25) is 11.9 Å². The largest absolute Gasteiger partial charge is 0.433 e. The number of ether oxygens (including phenoxy) is 1. The van der Waals surface area contributed by atoms with Crippen LogP contribution in [0, 0.1) is 0 Å². The van der Waals surface area contributed by atoms with Crippen molar-refractivity contribution in [3.63, 3.8) is 0 Å². The van der Waals surface area contributed by atoms with Crippen LogP contribution in [-0.2, 0) is 15.7 Å². The van der Waals surface area contributed by atoms with E-state index in [1.54, 1.807) is 0 Å². The van der Waals surface area contributed by atoms with Crippen LogP contribution in [0.5, 0.6) is 0 Å². The van der Waals surface area contributed by atoms with Crippen molar-refractivity contribution in [3.05, 3.63) is 18.0 Å². The SMILES string of the molecule is COCC(N)C(=O)NCCNc1nccc(C(F)(F)F)n1.Cl. The molecule has 0 aliphatic rings. The number of amides is 1. The van der Waals surface area contributed by atoms with Crippen LogP contribution in [0.4, 0.5) is 19.1 Å². The molecule has 1 amide bonds. The van der Waals surface area contributed by atoms with Crippen LogP contribution in [0.1, 0.15) is 5.69 Å². The molecular formula is C11H17ClF3N5O2. The molecule has 126 valence electrons. The van der Waals surface area contributed by atoms with Crippen LogP contribution in [0.25, 0.3) is 0 Å². The van der Waals surface area contributed by atoms with Gasteiger partial charge in [-0.2, -0.15) is 13.2 Å². The lowest BCUT2D eigenvalue weighted by Crippen LogP contribution is -2.44. The number of nitrogens with zero attached hydrogens (tertiary/aromatic N) is 2. The van der Waals surface area contributed by atoms with Gasteiger partial charge in [0.15, 0.2) is 0 Å². The summed E-state index contributed by atoms with van der Waals surface area (Å²) in [6, 6.07) is -0.0173. The van der Waals surface area contributed by atoms with Crippen molar-refractivity contribution in [2.45, 2.75) is 12.2 Å². The summed E-state index contributed by atoms with van der Waals surface area (Å²) in [5.41, 5.74) is 4.45. The number of nitrogens with one attached hydrogen (secondary N) is 2. The molecule has 0 aliphatic heterocycles. The summed E-state index contributed by atoms with van der Waals surface area (Å²) in [5.74, 6) is -0.580. The van der Waals surface area contributed by atoms with Crippen LogP contribution < -0.4 is 16.4 Å². The van der Waals surface area contributed by atoms with Crippen molar-refractivity contribution in [2.75, 3.05) is 32.1 Å². The van der Waals surface area contributed by atoms with Crippen molar-refractivity contribution in [1.82, 2.24) is 15.3 Å². The van der Waals surface area contributed by atoms with Crippen molar-refractivity contribution >= 4 is 24.3 Å². The first-order valence-electron chi connectivity index (χ1n) is 6.01. The molecule has 1 atom stereocenters. The maximum atomic E-state index is 12.4. The predicted molar refractivity (Wildman–Crippen MR) is 75.6 cm³/mol. The minimum Gasteiger partial charge on any atom is -0.383 e. The standard InChI is InChI=1S/C11H16F3N5O2.ClH/c1-21-6-7(15)9(20)16-4-5-18-10-17-3-2-8(19-10)11(12,13)14;/h2-3,7H,4-6,15H2,1H3,(H,16,20)(H,17,18,19);1H. The van der Waals surface area contributed by atoms with Gasteiger partial charge < -0.3 is 21.1 Å². The van der Waals surface area contributed by atoms with E-state index in [1.165, 1.54) is 7.11 Å². The number of hydrogen-bond acceptors (Lipinski definition) is 6. The number of nitrogens with two attached hydrogens (primary N) is 1. The number of carbonyl (C=O) groups excluding carboxylic acids is 1. The Morgan fingerprint density at radius 2 is 2.14 bits per heavy atom. The van der Waals surface area contributed by atoms with Crippen LogP contribution in [0.15, 0.2) is 12.3 Å². The molecule has 1 unspecified atom stereocenters. The van der Waals surface area contributed by atoms with E-state index in [2.05, 4.69) is 20.6 Å². The van der Waals surface area contributed by atoms with Crippen molar-refractivity contribution < 1.29 is 22.7 Å². The van der Waals surface area contributed by atoms with Crippen LogP contribution in [-0.4, -0.2) is 48.7 Å². The predicted octanol–water partition coefficient (Wildman–Crippen LogP) is 0.419. The first-order valence-corrected chi connectivity index (χ1v) is 6.01. The van der Waals surface area contributed by atoms with Gasteiger partial charge >= 0.3 is 6.18 Å². The third-order valence-corrected chi connectivity index (χ3v) is 2.34. The lowest BCUT2D eigenvalue weighted by atomic mass is 10.3. The van der Waals surface area contributed by atoms with Gasteiger partial charge in [0, 0.05) is 26.4 Å². The number of hydrogen-bond donors (Lipinski definition) is 3. The second-order valence-electron chi connectivity index (χ2n) is 4.04. The normalized spacial score (nSPS) is 12.2. The maximum Gasteiger partial charge on any atom is 0.433 e. The third-order valence-electron chi connectivity index (χ3n) is 2.34. The number of methoxy groups -OCH3 is 1. The molecule has 0 aromatic carbocycles. The summed E-state index contributed by atoms with van der Waals surface area (Å²) in [6.45, 7) is 0.401. The molecule has 1 aromatic rings. The second kappa shape index (κ2) is 9.38. The van der Waals surface area contributed by atoms with Gasteiger partial charge in [0.25, 0.3) is 0 Å². The fourth-order valence-electron chi connectivity index (χ4n) is 1.35. The topological polar surface area (TPSA) is 102 Å². The van der Waals surface area contributed by atoms with E-state index in [-0.39, 0.29) is 38.1 Å². The zero-order valence-corrected chi connectivity index (χ0v) is 12.5. The average Bonchev–Trinajstić information content (AvgIpc) is 2.43. The molecule has 0 bridgehead atoms. The lowest BCUT2D eigenvalue weighted by molar-refractivity contribution is -0.141. The minimum absolute atomic E-state index is 0. The zero-order valence-electron chi connectivity index (χ0n) is 11.7. The highest BCUT2D eigenvalue weighted by atomic mass is 35.5. The molecule has 1 aromatic heterocycles. The van der Waals surface area contributed by atoms with Gasteiger partial charge in [-0.15, -0.1) is 12.4 Å². The number of aromatic nitrogens is 2. The Bertz CT molecular complexity index is 475. The Morgan fingerprint density at radius 1 is 1.45 bits per heavy atom. The van der Waals surface area contributed by atoms with E-state index >= 15 is 0 Å². The molecule has 4 N–H and O–H groups in total. The van der Waals surface area contributed by atoms with Crippen molar-refractivity contribution in [3.8, 4) is 0 Å². The number of carbonyl (C=O) groups is 1. The smallest absolute Gasteiger partial charge is 0.383 e. The zero-order chi connectivity index (χ0) is 15.9. The fourth-order valence-corrected chi connectivity index (χ4v) is 1.35. The quantitative estimate of drug-likeness (QED) is 0.620. The molecule has 0 radical (unpaired) electrons. The summed E-state index contributed by atoms with van der Waals surface area (Å²) < 4.78 is 42.0. The Balaban J connectivity index is 0.00000441. The van der Waals surface area contributed by atoms with Crippen LogP contribution >= 0.6 is 12.4 Å². The number of halogens is 4. The Labute approximate surface area is 131 Å². The molecule has 0 aliphatic carbocycles. The second-order valence-corrected chi connectivity index (χ2v) is 4.04. The highest BCUT2D eigenvalue weighted by Crippen LogP contribution is 2.27. The molecule has 0 fully saturated rings. The molecule has 1 heterocycles. The first kappa shape index (κ1) is 20.3. The number of alkyl halides is 3. The Kier molecular flexibility index (Phi) is 8.68. The van der Waals surface area contributed by atoms with E-state index in [0.717, 1.165) is 12.3 Å². The molecule has 22 heavy (non-hydrogen) atoms. The molecule has 7 nitrogen and oxygen atoms in total. The summed E-state index contributed by atoms with van der Waals surface area (Å²) >= 11 is 0. The number of rotatable bonds is 7. The molecular weight excluding hydrogens is 327 g/mol. The van der Waals surface area contributed by atoms with Crippen LogP contribution in [0.2, 0.25) is 0 Å². The molecule has 1 rings (SSSR count). The van der Waals surface area contributed by atoms with E-state index in [9.17, 15) is 18.0 Å². The van der Waals surface area contributed by atoms with E-state index in [0.29, 0.717) is 0 Å². The average molecular weight is 344 g/mol.